The van der Waals surface area contributed by atoms with Crippen molar-refractivity contribution in [2.24, 2.45) is 5.10 Å². The zero-order valence-corrected chi connectivity index (χ0v) is 13.9. The molecule has 1 N–H and O–H groups in total. The number of carbonyl (C=O) groups excluding carboxylic acids is 1. The van der Waals surface area contributed by atoms with E-state index in [1.54, 1.807) is 0 Å². The van der Waals surface area contributed by atoms with Gasteiger partial charge in [-0.2, -0.15) is 5.10 Å². The average Bonchev–Trinajstić information content (AvgIpc) is 2.63. The monoisotopic (exact) mass is 333 g/mol. The van der Waals surface area contributed by atoms with Crippen molar-refractivity contribution < 1.29 is 19.0 Å². The van der Waals surface area contributed by atoms with Gasteiger partial charge in [0.05, 0.1) is 25.5 Å². The molecule has 0 aromatic heterocycles. The van der Waals surface area contributed by atoms with Crippen molar-refractivity contribution in [3.05, 3.63) is 23.8 Å². The van der Waals surface area contributed by atoms with Crippen LogP contribution in [0.2, 0.25) is 0 Å². The zero-order valence-electron chi connectivity index (χ0n) is 13.9. The molecule has 130 valence electrons. The van der Waals surface area contributed by atoms with Crippen molar-refractivity contribution in [3.63, 3.8) is 0 Å². The standard InChI is InChI=1S/C17H23N3O4/c1-2-14(13-3-4-15-16(11-13)24-10-9-23-15)18-19-17(21)12-20-5-7-22-8-6-20/h3-4,11H,2,5-10,12H2,1H3,(H,19,21)/b18-14-. The molecule has 1 aromatic carbocycles. The number of hydrogen-bond acceptors (Lipinski definition) is 6. The lowest BCUT2D eigenvalue weighted by atomic mass is 10.1. The quantitative estimate of drug-likeness (QED) is 0.643. The van der Waals surface area contributed by atoms with Crippen LogP contribution in [0.1, 0.15) is 18.9 Å². The summed E-state index contributed by atoms with van der Waals surface area (Å²) in [6.07, 6.45) is 0.706. The number of hydrazone groups is 1. The van der Waals surface area contributed by atoms with Gasteiger partial charge in [0.15, 0.2) is 11.5 Å². The second-order valence-corrected chi connectivity index (χ2v) is 5.69. The van der Waals surface area contributed by atoms with Crippen LogP contribution in [0.5, 0.6) is 11.5 Å². The number of nitrogens with zero attached hydrogens (tertiary/aromatic N) is 2. The predicted octanol–water partition coefficient (Wildman–Crippen LogP) is 1.02. The number of amides is 1. The molecular formula is C17H23N3O4. The second-order valence-electron chi connectivity index (χ2n) is 5.69. The smallest absolute Gasteiger partial charge is 0.254 e. The molecule has 0 radical (unpaired) electrons. The summed E-state index contributed by atoms with van der Waals surface area (Å²) < 4.78 is 16.4. The number of fused-ring (bicyclic) bond motifs is 1. The van der Waals surface area contributed by atoms with E-state index < -0.39 is 0 Å². The van der Waals surface area contributed by atoms with Crippen LogP contribution in [0.4, 0.5) is 0 Å². The molecule has 2 aliphatic heterocycles. The Labute approximate surface area is 141 Å². The van der Waals surface area contributed by atoms with Crippen molar-refractivity contribution >= 4 is 11.6 Å². The van der Waals surface area contributed by atoms with Gasteiger partial charge in [-0.25, -0.2) is 5.43 Å². The maximum atomic E-state index is 12.1. The van der Waals surface area contributed by atoms with Gasteiger partial charge in [0.1, 0.15) is 13.2 Å². The molecule has 2 aliphatic rings. The van der Waals surface area contributed by atoms with Crippen LogP contribution in [-0.2, 0) is 9.53 Å². The van der Waals surface area contributed by atoms with Gasteiger partial charge < -0.3 is 14.2 Å². The minimum Gasteiger partial charge on any atom is -0.486 e. The summed E-state index contributed by atoms with van der Waals surface area (Å²) in [6, 6.07) is 5.72. The minimum absolute atomic E-state index is 0.111. The van der Waals surface area contributed by atoms with Crippen LogP contribution >= 0.6 is 0 Å². The molecule has 0 atom stereocenters. The topological polar surface area (TPSA) is 72.4 Å². The fourth-order valence-electron chi connectivity index (χ4n) is 2.70. The zero-order chi connectivity index (χ0) is 16.8. The van der Waals surface area contributed by atoms with Gasteiger partial charge in [0, 0.05) is 18.7 Å². The largest absolute Gasteiger partial charge is 0.486 e. The highest BCUT2D eigenvalue weighted by atomic mass is 16.6. The molecule has 7 heteroatoms. The van der Waals surface area contributed by atoms with Crippen LogP contribution in [0, 0.1) is 0 Å². The number of ether oxygens (including phenoxy) is 3. The van der Waals surface area contributed by atoms with E-state index in [2.05, 4.69) is 15.4 Å². The van der Waals surface area contributed by atoms with Crippen molar-refractivity contribution in [3.8, 4) is 11.5 Å². The number of rotatable bonds is 5. The lowest BCUT2D eigenvalue weighted by Crippen LogP contribution is -2.42. The van der Waals surface area contributed by atoms with E-state index in [0.717, 1.165) is 35.9 Å². The molecule has 0 unspecified atom stereocenters. The summed E-state index contributed by atoms with van der Waals surface area (Å²) in [4.78, 5) is 14.1. The average molecular weight is 333 g/mol. The van der Waals surface area contributed by atoms with Gasteiger partial charge in [-0.05, 0) is 24.6 Å². The molecule has 1 saturated heterocycles. The fraction of sp³-hybridized carbons (Fsp3) is 0.529. The molecule has 1 amide bonds. The van der Waals surface area contributed by atoms with Crippen LogP contribution in [0.25, 0.3) is 0 Å². The van der Waals surface area contributed by atoms with Crippen LogP contribution in [0.15, 0.2) is 23.3 Å². The normalized spacial score (nSPS) is 18.3. The van der Waals surface area contributed by atoms with Gasteiger partial charge in [0.2, 0.25) is 0 Å². The highest BCUT2D eigenvalue weighted by molar-refractivity contribution is 6.01. The molecule has 7 nitrogen and oxygen atoms in total. The van der Waals surface area contributed by atoms with Gasteiger partial charge in [-0.3, -0.25) is 9.69 Å². The summed E-state index contributed by atoms with van der Waals surface area (Å²) >= 11 is 0. The summed E-state index contributed by atoms with van der Waals surface area (Å²) in [5.74, 6) is 1.36. The first-order valence-corrected chi connectivity index (χ1v) is 8.32. The van der Waals surface area contributed by atoms with E-state index in [9.17, 15) is 4.79 Å². The minimum atomic E-state index is -0.111. The Balaban J connectivity index is 1.62. The van der Waals surface area contributed by atoms with Gasteiger partial charge in [-0.1, -0.05) is 6.92 Å². The third-order valence-electron chi connectivity index (χ3n) is 4.00. The van der Waals surface area contributed by atoms with Gasteiger partial charge >= 0.3 is 0 Å². The molecule has 24 heavy (non-hydrogen) atoms. The highest BCUT2D eigenvalue weighted by Gasteiger charge is 2.15. The maximum Gasteiger partial charge on any atom is 0.254 e. The Morgan fingerprint density at radius 2 is 1.92 bits per heavy atom. The van der Waals surface area contributed by atoms with Crippen LogP contribution < -0.4 is 14.9 Å². The van der Waals surface area contributed by atoms with E-state index >= 15 is 0 Å². The number of benzene rings is 1. The Kier molecular flexibility index (Phi) is 5.66. The third kappa shape index (κ3) is 4.24. The molecule has 0 spiro atoms. The molecule has 0 aliphatic carbocycles. The van der Waals surface area contributed by atoms with Crippen molar-refractivity contribution in [2.75, 3.05) is 46.1 Å². The molecule has 0 bridgehead atoms. The van der Waals surface area contributed by atoms with Crippen molar-refractivity contribution in [2.45, 2.75) is 13.3 Å². The van der Waals surface area contributed by atoms with E-state index in [1.165, 1.54) is 0 Å². The highest BCUT2D eigenvalue weighted by Crippen LogP contribution is 2.31. The summed E-state index contributed by atoms with van der Waals surface area (Å²) in [6.45, 7) is 6.36. The second kappa shape index (κ2) is 8.12. The number of morpholine rings is 1. The first kappa shape index (κ1) is 16.7. The van der Waals surface area contributed by atoms with Crippen molar-refractivity contribution in [1.82, 2.24) is 10.3 Å². The first-order valence-electron chi connectivity index (χ1n) is 8.32. The fourth-order valence-corrected chi connectivity index (χ4v) is 2.70. The van der Waals surface area contributed by atoms with E-state index in [1.807, 2.05) is 25.1 Å². The predicted molar refractivity (Wildman–Crippen MR) is 89.7 cm³/mol. The summed E-state index contributed by atoms with van der Waals surface area (Å²) in [7, 11) is 0. The Morgan fingerprint density at radius 3 is 2.67 bits per heavy atom. The van der Waals surface area contributed by atoms with E-state index in [0.29, 0.717) is 39.4 Å². The Hall–Kier alpha value is -2.12. The third-order valence-corrected chi connectivity index (χ3v) is 4.00. The molecule has 0 saturated carbocycles. The van der Waals surface area contributed by atoms with Gasteiger partial charge in [-0.15, -0.1) is 0 Å². The maximum absolute atomic E-state index is 12.1. The molecular weight excluding hydrogens is 310 g/mol. The number of hydrogen-bond donors (Lipinski definition) is 1. The summed E-state index contributed by atoms with van der Waals surface area (Å²) in [5.41, 5.74) is 4.39. The Morgan fingerprint density at radius 1 is 1.17 bits per heavy atom. The molecule has 2 heterocycles. The van der Waals surface area contributed by atoms with Gasteiger partial charge in [0.25, 0.3) is 5.91 Å². The lowest BCUT2D eigenvalue weighted by molar-refractivity contribution is -0.123. The first-order chi connectivity index (χ1) is 11.8. The van der Waals surface area contributed by atoms with E-state index in [4.69, 9.17) is 14.2 Å². The van der Waals surface area contributed by atoms with Crippen LogP contribution in [-0.4, -0.2) is 62.6 Å². The number of carbonyl (C=O) groups is 1. The molecule has 3 rings (SSSR count). The molecule has 1 fully saturated rings. The molecule has 1 aromatic rings. The lowest BCUT2D eigenvalue weighted by Gasteiger charge is -2.25. The van der Waals surface area contributed by atoms with Crippen molar-refractivity contribution in [1.29, 1.82) is 0 Å². The van der Waals surface area contributed by atoms with E-state index in [-0.39, 0.29) is 5.91 Å². The summed E-state index contributed by atoms with van der Waals surface area (Å²) in [5, 5.41) is 4.29. The SMILES string of the molecule is CC/C(=N/NC(=O)CN1CCOCC1)c1ccc2c(c1)OCCO2. The number of nitrogens with one attached hydrogen (secondary N) is 1. The van der Waals surface area contributed by atoms with Crippen LogP contribution in [0.3, 0.4) is 0 Å². The Bertz CT molecular complexity index is 612.